The number of carbonyl (C=O) groups excluding carboxylic acids is 1. The summed E-state index contributed by atoms with van der Waals surface area (Å²) in [6, 6.07) is 2.74. The summed E-state index contributed by atoms with van der Waals surface area (Å²) in [5.41, 5.74) is 1.57. The van der Waals surface area contributed by atoms with E-state index in [2.05, 4.69) is 21.4 Å². The molecule has 9 nitrogen and oxygen atoms in total. The van der Waals surface area contributed by atoms with Crippen molar-refractivity contribution in [3.8, 4) is 0 Å². The highest BCUT2D eigenvalue weighted by Gasteiger charge is 2.30. The molecule has 1 atom stereocenters. The molecule has 0 bridgehead atoms. The number of carboxylic acids is 1. The molecule has 0 radical (unpaired) electrons. The Balaban J connectivity index is 1.64. The third-order valence-corrected chi connectivity index (χ3v) is 5.59. The molecule has 0 saturated heterocycles. The van der Waals surface area contributed by atoms with Gasteiger partial charge >= 0.3 is 11.9 Å². The van der Waals surface area contributed by atoms with Crippen LogP contribution in [-0.2, 0) is 22.5 Å². The fraction of sp³-hybridized carbons (Fsp3) is 0.455. The number of carboxylic acid groups (broad SMARTS) is 1. The number of rotatable bonds is 11. The summed E-state index contributed by atoms with van der Waals surface area (Å²) in [6.45, 7) is 0.533. The maximum absolute atomic E-state index is 14.0. The lowest BCUT2D eigenvalue weighted by atomic mass is 10.1. The van der Waals surface area contributed by atoms with Gasteiger partial charge in [-0.3, -0.25) is 9.78 Å². The molecule has 1 aliphatic heterocycles. The van der Waals surface area contributed by atoms with Gasteiger partial charge in [-0.15, -0.1) is 5.06 Å². The summed E-state index contributed by atoms with van der Waals surface area (Å²) >= 11 is 5.87. The van der Waals surface area contributed by atoms with Crippen molar-refractivity contribution in [3.63, 3.8) is 0 Å². The molecule has 0 amide bonds. The average Bonchev–Trinajstić information content (AvgIpc) is 2.79. The van der Waals surface area contributed by atoms with E-state index in [4.69, 9.17) is 16.4 Å². The van der Waals surface area contributed by atoms with Crippen LogP contribution in [0.5, 0.6) is 0 Å². The van der Waals surface area contributed by atoms with E-state index in [1.807, 2.05) is 6.07 Å². The number of aryl methyl sites for hydroxylation is 2. The van der Waals surface area contributed by atoms with Crippen LogP contribution in [0.15, 0.2) is 24.5 Å². The van der Waals surface area contributed by atoms with Crippen molar-refractivity contribution >= 4 is 29.4 Å². The van der Waals surface area contributed by atoms with Crippen molar-refractivity contribution in [2.24, 2.45) is 0 Å². The number of fused-ring (bicyclic) bond motifs is 1. The Labute approximate surface area is 195 Å². The normalized spacial score (nSPS) is 13.8. The number of aliphatic hydroxyl groups excluding tert-OH is 1. The van der Waals surface area contributed by atoms with Crippen LogP contribution in [0.1, 0.15) is 47.3 Å². The number of hydrogen-bond acceptors (Lipinski definition) is 8. The molecular weight excluding hydrogens is 455 g/mol. The molecule has 0 spiro atoms. The van der Waals surface area contributed by atoms with Crippen LogP contribution >= 0.6 is 11.6 Å². The summed E-state index contributed by atoms with van der Waals surface area (Å²) in [5.74, 6) is -2.49. The van der Waals surface area contributed by atoms with E-state index in [9.17, 15) is 24.2 Å². The number of halogens is 2. The van der Waals surface area contributed by atoms with Crippen LogP contribution in [0.3, 0.4) is 0 Å². The highest BCUT2D eigenvalue weighted by atomic mass is 35.5. The van der Waals surface area contributed by atoms with E-state index in [-0.39, 0.29) is 18.0 Å². The molecule has 3 N–H and O–H groups in total. The van der Waals surface area contributed by atoms with Crippen molar-refractivity contribution in [1.82, 2.24) is 15.0 Å². The molecular formula is C22H26ClFN4O5. The van der Waals surface area contributed by atoms with Crippen molar-refractivity contribution in [1.29, 1.82) is 0 Å². The zero-order chi connectivity index (χ0) is 23.8. The number of carbonyl (C=O) groups is 2. The first-order chi connectivity index (χ1) is 15.9. The molecule has 33 heavy (non-hydrogen) atoms. The minimum absolute atomic E-state index is 0.0657. The summed E-state index contributed by atoms with van der Waals surface area (Å²) in [4.78, 5) is 37.6. The van der Waals surface area contributed by atoms with Gasteiger partial charge in [-0.2, -0.15) is 0 Å². The second-order valence-electron chi connectivity index (χ2n) is 7.66. The molecule has 2 aromatic rings. The van der Waals surface area contributed by atoms with Crippen molar-refractivity contribution in [2.45, 2.75) is 44.6 Å². The molecule has 0 unspecified atom stereocenters. The largest absolute Gasteiger partial charge is 0.480 e. The van der Waals surface area contributed by atoms with Gasteiger partial charge in [0.05, 0.1) is 11.2 Å². The summed E-state index contributed by atoms with van der Waals surface area (Å²) in [6.07, 6.45) is 5.59. The Morgan fingerprint density at radius 2 is 2.12 bits per heavy atom. The van der Waals surface area contributed by atoms with Crippen LogP contribution in [0.4, 0.5) is 10.2 Å². The minimum atomic E-state index is -1.30. The second kappa shape index (κ2) is 11.9. The van der Waals surface area contributed by atoms with Crippen LogP contribution in [0.2, 0.25) is 5.02 Å². The number of nitrogens with one attached hydrogen (secondary N) is 1. The van der Waals surface area contributed by atoms with Gasteiger partial charge < -0.3 is 20.4 Å². The lowest BCUT2D eigenvalue weighted by molar-refractivity contribution is -0.174. The Bertz CT molecular complexity index is 973. The van der Waals surface area contributed by atoms with E-state index in [1.165, 1.54) is 5.56 Å². The SMILES string of the molecule is O=C(ON(CCCCc1ccc2c(n1)NCCC2)[C@H](CCO)C(=O)O)c1c(F)cncc1Cl. The van der Waals surface area contributed by atoms with E-state index in [1.54, 1.807) is 0 Å². The van der Waals surface area contributed by atoms with E-state index in [0.29, 0.717) is 19.3 Å². The van der Waals surface area contributed by atoms with Crippen molar-refractivity contribution in [2.75, 3.05) is 25.0 Å². The molecule has 0 aliphatic carbocycles. The number of hydrogen-bond donors (Lipinski definition) is 3. The van der Waals surface area contributed by atoms with Gasteiger partial charge in [0.1, 0.15) is 17.4 Å². The third-order valence-electron chi connectivity index (χ3n) is 5.31. The van der Waals surface area contributed by atoms with Gasteiger partial charge in [-0.25, -0.2) is 14.2 Å². The fourth-order valence-corrected chi connectivity index (χ4v) is 3.84. The number of nitrogens with zero attached hydrogens (tertiary/aromatic N) is 3. The van der Waals surface area contributed by atoms with Gasteiger partial charge in [0.15, 0.2) is 5.82 Å². The predicted octanol–water partition coefficient (Wildman–Crippen LogP) is 2.86. The highest BCUT2D eigenvalue weighted by Crippen LogP contribution is 2.22. The monoisotopic (exact) mass is 480 g/mol. The Morgan fingerprint density at radius 1 is 1.30 bits per heavy atom. The van der Waals surface area contributed by atoms with Gasteiger partial charge in [0.2, 0.25) is 0 Å². The van der Waals surface area contributed by atoms with Crippen LogP contribution in [0.25, 0.3) is 0 Å². The van der Waals surface area contributed by atoms with Crippen LogP contribution in [0, 0.1) is 5.82 Å². The van der Waals surface area contributed by atoms with Gasteiger partial charge in [-0.1, -0.05) is 17.7 Å². The molecule has 0 saturated carbocycles. The van der Waals surface area contributed by atoms with E-state index in [0.717, 1.165) is 48.4 Å². The topological polar surface area (TPSA) is 125 Å². The summed E-state index contributed by atoms with van der Waals surface area (Å²) in [7, 11) is 0. The average molecular weight is 481 g/mol. The van der Waals surface area contributed by atoms with E-state index < -0.39 is 36.0 Å². The first kappa shape index (κ1) is 24.8. The molecule has 0 aromatic carbocycles. The minimum Gasteiger partial charge on any atom is -0.480 e. The van der Waals surface area contributed by atoms with Gasteiger partial charge in [0, 0.05) is 31.6 Å². The third kappa shape index (κ3) is 6.59. The predicted molar refractivity (Wildman–Crippen MR) is 118 cm³/mol. The number of pyridine rings is 2. The fourth-order valence-electron chi connectivity index (χ4n) is 3.62. The smallest absolute Gasteiger partial charge is 0.361 e. The second-order valence-corrected chi connectivity index (χ2v) is 8.07. The molecule has 2 aromatic heterocycles. The molecule has 11 heteroatoms. The van der Waals surface area contributed by atoms with Gasteiger partial charge in [-0.05, 0) is 50.2 Å². The molecule has 1 aliphatic rings. The van der Waals surface area contributed by atoms with Crippen LogP contribution < -0.4 is 5.32 Å². The van der Waals surface area contributed by atoms with Crippen LogP contribution in [-0.4, -0.2) is 62.9 Å². The number of anilines is 1. The van der Waals surface area contributed by atoms with Crippen molar-refractivity contribution < 1.29 is 29.0 Å². The van der Waals surface area contributed by atoms with Crippen molar-refractivity contribution in [3.05, 3.63) is 52.2 Å². The molecule has 3 rings (SSSR count). The number of aliphatic carboxylic acids is 1. The first-order valence-corrected chi connectivity index (χ1v) is 11.1. The standard InChI is InChI=1S/C22H26ClFN4O5/c23-16-12-25-13-17(24)19(16)22(32)33-28(18(8-11-29)21(30)31)10-2-1-5-15-7-6-14-4-3-9-26-20(14)27-15/h6-7,12-13,18,29H,1-5,8-11H2,(H,26,27)(H,30,31)/t18-/m1/s1. The number of aliphatic hydroxyl groups is 1. The summed E-state index contributed by atoms with van der Waals surface area (Å²) < 4.78 is 14.0. The lowest BCUT2D eigenvalue weighted by Crippen LogP contribution is -2.43. The summed E-state index contributed by atoms with van der Waals surface area (Å²) in [5, 5.41) is 22.8. The molecule has 3 heterocycles. The lowest BCUT2D eigenvalue weighted by Gasteiger charge is -2.27. The Kier molecular flexibility index (Phi) is 8.93. The zero-order valence-corrected chi connectivity index (χ0v) is 18.7. The first-order valence-electron chi connectivity index (χ1n) is 10.7. The number of aromatic nitrogens is 2. The van der Waals surface area contributed by atoms with E-state index >= 15 is 0 Å². The maximum Gasteiger partial charge on any atom is 0.361 e. The number of hydroxylamine groups is 2. The maximum atomic E-state index is 14.0. The van der Waals surface area contributed by atoms with Gasteiger partial charge in [0.25, 0.3) is 0 Å². The number of unbranched alkanes of at least 4 members (excludes halogenated alkanes) is 1. The Morgan fingerprint density at radius 3 is 2.85 bits per heavy atom. The molecule has 0 fully saturated rings. The zero-order valence-electron chi connectivity index (χ0n) is 18.0. The highest BCUT2D eigenvalue weighted by molar-refractivity contribution is 6.33. The Hall–Kier alpha value is -2.82. The molecule has 178 valence electrons. The quantitative estimate of drug-likeness (QED) is 0.329.